The Kier molecular flexibility index (Phi) is 4.76. The molecule has 6 heteroatoms. The summed E-state index contributed by atoms with van der Waals surface area (Å²) in [5.74, 6) is 2.15. The molecule has 2 bridgehead atoms. The Hall–Kier alpha value is -1.85. The molecule has 3 aliphatic carbocycles. The van der Waals surface area contributed by atoms with E-state index in [0.717, 1.165) is 24.7 Å². The number of rotatable bonds is 7. The maximum absolute atomic E-state index is 12.6. The number of amides is 2. The first-order valence-electron chi connectivity index (χ1n) is 10.1. The average molecular weight is 358 g/mol. The lowest BCUT2D eigenvalue weighted by Gasteiger charge is -2.18. The molecule has 0 aromatic carbocycles. The van der Waals surface area contributed by atoms with E-state index >= 15 is 0 Å². The highest BCUT2D eigenvalue weighted by atomic mass is 16.2. The molecule has 2 amide bonds. The molecule has 1 heterocycles. The van der Waals surface area contributed by atoms with Gasteiger partial charge in [0.2, 0.25) is 11.8 Å². The minimum atomic E-state index is -0.0785. The second-order valence-corrected chi connectivity index (χ2v) is 8.22. The Morgan fingerprint density at radius 1 is 1.19 bits per heavy atom. The van der Waals surface area contributed by atoms with Crippen molar-refractivity contribution in [1.29, 1.82) is 0 Å². The third-order valence-electron chi connectivity index (χ3n) is 6.54. The maximum Gasteiger partial charge on any atom is 0.233 e. The van der Waals surface area contributed by atoms with Gasteiger partial charge < -0.3 is 10.6 Å². The van der Waals surface area contributed by atoms with Gasteiger partial charge in [0.25, 0.3) is 0 Å². The van der Waals surface area contributed by atoms with E-state index in [4.69, 9.17) is 0 Å². The monoisotopic (exact) mass is 358 g/mol. The summed E-state index contributed by atoms with van der Waals surface area (Å²) in [6.45, 7) is 3.44. The smallest absolute Gasteiger partial charge is 0.233 e. The molecule has 2 N–H and O–H groups in total. The van der Waals surface area contributed by atoms with Crippen molar-refractivity contribution in [3.63, 3.8) is 0 Å². The molecule has 6 nitrogen and oxygen atoms in total. The van der Waals surface area contributed by atoms with Crippen LogP contribution >= 0.6 is 0 Å². The van der Waals surface area contributed by atoms with E-state index in [-0.39, 0.29) is 23.7 Å². The number of allylic oxidation sites excluding steroid dienone is 2. The van der Waals surface area contributed by atoms with E-state index in [2.05, 4.69) is 34.7 Å². The molecule has 0 aromatic rings. The number of hydrogen-bond donors (Lipinski definition) is 2. The molecular formula is C20H30N4O2. The molecule has 0 radical (unpaired) electrons. The molecule has 142 valence electrons. The zero-order valence-corrected chi connectivity index (χ0v) is 15.8. The second-order valence-electron chi connectivity index (χ2n) is 8.22. The van der Waals surface area contributed by atoms with Gasteiger partial charge >= 0.3 is 0 Å². The number of imide groups is 1. The Balaban J connectivity index is 1.21. The third kappa shape index (κ3) is 3.03. The Morgan fingerprint density at radius 3 is 2.50 bits per heavy atom. The number of carbonyl (C=O) groups is 2. The van der Waals surface area contributed by atoms with Crippen molar-refractivity contribution in [2.24, 2.45) is 34.6 Å². The van der Waals surface area contributed by atoms with Gasteiger partial charge in [-0.05, 0) is 43.4 Å². The Bertz CT molecular complexity index is 614. The van der Waals surface area contributed by atoms with E-state index in [1.807, 2.05) is 0 Å². The highest BCUT2D eigenvalue weighted by Gasteiger charge is 2.58. The summed E-state index contributed by atoms with van der Waals surface area (Å²) in [7, 11) is 1.78. The van der Waals surface area contributed by atoms with Crippen molar-refractivity contribution in [3.05, 3.63) is 12.2 Å². The van der Waals surface area contributed by atoms with Crippen LogP contribution in [-0.2, 0) is 9.59 Å². The quantitative estimate of drug-likeness (QED) is 0.238. The summed E-state index contributed by atoms with van der Waals surface area (Å²) in [4.78, 5) is 31.1. The first kappa shape index (κ1) is 17.6. The number of guanidine groups is 1. The number of carbonyl (C=O) groups excluding carboxylic acids is 2. The lowest BCUT2D eigenvalue weighted by molar-refractivity contribution is -0.140. The summed E-state index contributed by atoms with van der Waals surface area (Å²) < 4.78 is 0. The number of hydrogen-bond acceptors (Lipinski definition) is 3. The molecule has 1 aliphatic heterocycles. The first-order valence-corrected chi connectivity index (χ1v) is 10.1. The van der Waals surface area contributed by atoms with Crippen LogP contribution in [0, 0.1) is 29.6 Å². The fourth-order valence-electron chi connectivity index (χ4n) is 5.11. The number of aliphatic imine (C=N–C) groups is 1. The standard InChI is InChI=1S/C20H30N4O2/c1-3-5-12-11-15(12)23-20(21-2)22-8-4-9-24-18(25)16-13-6-7-14(10-13)17(16)19(24)26/h6-7,12-17H,3-5,8-11H2,1-2H3,(H2,21,22,23). The molecule has 4 rings (SSSR count). The molecule has 26 heavy (non-hydrogen) atoms. The lowest BCUT2D eigenvalue weighted by atomic mass is 9.85. The van der Waals surface area contributed by atoms with E-state index < -0.39 is 0 Å². The molecular weight excluding hydrogens is 328 g/mol. The van der Waals surface area contributed by atoms with Crippen molar-refractivity contribution < 1.29 is 9.59 Å². The summed E-state index contributed by atoms with van der Waals surface area (Å²) in [5.41, 5.74) is 0. The molecule has 4 aliphatic rings. The molecule has 1 saturated heterocycles. The van der Waals surface area contributed by atoms with Crippen LogP contribution in [0.1, 0.15) is 39.0 Å². The molecule has 0 spiro atoms. The number of nitrogens with zero attached hydrogens (tertiary/aromatic N) is 2. The van der Waals surface area contributed by atoms with Gasteiger partial charge in [0.15, 0.2) is 5.96 Å². The fraction of sp³-hybridized carbons (Fsp3) is 0.750. The van der Waals surface area contributed by atoms with Gasteiger partial charge in [0, 0.05) is 26.2 Å². The van der Waals surface area contributed by atoms with Crippen LogP contribution in [-0.4, -0.2) is 48.9 Å². The first-order chi connectivity index (χ1) is 12.6. The van der Waals surface area contributed by atoms with E-state index in [9.17, 15) is 9.59 Å². The summed E-state index contributed by atoms with van der Waals surface area (Å²) in [5, 5.41) is 6.77. The van der Waals surface area contributed by atoms with Crippen LogP contribution in [0.4, 0.5) is 0 Å². The van der Waals surface area contributed by atoms with Gasteiger partial charge in [-0.1, -0.05) is 25.5 Å². The number of fused-ring (bicyclic) bond motifs is 5. The second kappa shape index (κ2) is 7.05. The molecule has 6 unspecified atom stereocenters. The molecule has 6 atom stereocenters. The predicted octanol–water partition coefficient (Wildman–Crippen LogP) is 1.54. The molecule has 2 saturated carbocycles. The van der Waals surface area contributed by atoms with Gasteiger partial charge in [-0.2, -0.15) is 0 Å². The van der Waals surface area contributed by atoms with E-state index in [1.165, 1.54) is 24.2 Å². The van der Waals surface area contributed by atoms with Crippen molar-refractivity contribution in [1.82, 2.24) is 15.5 Å². The normalized spacial score (nSPS) is 37.5. The van der Waals surface area contributed by atoms with Gasteiger partial charge in [0.1, 0.15) is 0 Å². The SMILES string of the molecule is CCCC1CC1NC(=NC)NCCCN1C(=O)C2C3C=CC(C3)C2C1=O. The Morgan fingerprint density at radius 2 is 1.88 bits per heavy atom. The van der Waals surface area contributed by atoms with E-state index in [0.29, 0.717) is 31.0 Å². The lowest BCUT2D eigenvalue weighted by Crippen LogP contribution is -2.41. The van der Waals surface area contributed by atoms with E-state index in [1.54, 1.807) is 7.05 Å². The van der Waals surface area contributed by atoms with Crippen molar-refractivity contribution in [2.75, 3.05) is 20.1 Å². The molecule has 3 fully saturated rings. The Labute approximate surface area is 155 Å². The maximum atomic E-state index is 12.6. The third-order valence-corrected chi connectivity index (χ3v) is 6.54. The zero-order valence-electron chi connectivity index (χ0n) is 15.8. The van der Waals surface area contributed by atoms with Gasteiger partial charge in [-0.3, -0.25) is 19.5 Å². The predicted molar refractivity (Wildman–Crippen MR) is 100 cm³/mol. The highest BCUT2D eigenvalue weighted by molar-refractivity contribution is 6.06. The summed E-state index contributed by atoms with van der Waals surface area (Å²) in [6.07, 6.45) is 9.75. The van der Waals surface area contributed by atoms with Crippen LogP contribution in [0.15, 0.2) is 17.1 Å². The van der Waals surface area contributed by atoms with Crippen LogP contribution in [0.3, 0.4) is 0 Å². The minimum absolute atomic E-state index is 0.0553. The van der Waals surface area contributed by atoms with Gasteiger partial charge in [-0.25, -0.2) is 0 Å². The van der Waals surface area contributed by atoms with Crippen molar-refractivity contribution in [2.45, 2.75) is 45.1 Å². The van der Waals surface area contributed by atoms with Crippen LogP contribution in [0.2, 0.25) is 0 Å². The number of likely N-dealkylation sites (tertiary alicyclic amines) is 1. The van der Waals surface area contributed by atoms with Crippen molar-refractivity contribution >= 4 is 17.8 Å². The average Bonchev–Trinajstić information content (AvgIpc) is 2.97. The van der Waals surface area contributed by atoms with Gasteiger partial charge in [0.05, 0.1) is 11.8 Å². The van der Waals surface area contributed by atoms with Crippen molar-refractivity contribution in [3.8, 4) is 0 Å². The largest absolute Gasteiger partial charge is 0.356 e. The van der Waals surface area contributed by atoms with Crippen LogP contribution < -0.4 is 10.6 Å². The fourth-order valence-corrected chi connectivity index (χ4v) is 5.11. The topological polar surface area (TPSA) is 73.8 Å². The zero-order chi connectivity index (χ0) is 18.3. The summed E-state index contributed by atoms with van der Waals surface area (Å²) >= 11 is 0. The molecule has 0 aromatic heterocycles. The number of nitrogens with one attached hydrogen (secondary N) is 2. The summed E-state index contributed by atoms with van der Waals surface area (Å²) in [6, 6.07) is 0.547. The minimum Gasteiger partial charge on any atom is -0.356 e. The van der Waals surface area contributed by atoms with Crippen LogP contribution in [0.5, 0.6) is 0 Å². The highest BCUT2D eigenvalue weighted by Crippen LogP contribution is 2.52. The van der Waals surface area contributed by atoms with Gasteiger partial charge in [-0.15, -0.1) is 0 Å². The van der Waals surface area contributed by atoms with Crippen LogP contribution in [0.25, 0.3) is 0 Å².